The number of aliphatic hydroxyl groups excluding tert-OH is 1. The number of rotatable bonds is 5. The number of nitrogens with zero attached hydrogens (tertiary/aromatic N) is 1. The molecule has 0 saturated carbocycles. The first kappa shape index (κ1) is 15.3. The van der Waals surface area contributed by atoms with Gasteiger partial charge in [0.25, 0.3) is 0 Å². The molecule has 1 aliphatic heterocycles. The van der Waals surface area contributed by atoms with E-state index in [9.17, 15) is 14.7 Å². The van der Waals surface area contributed by atoms with Crippen molar-refractivity contribution in [3.63, 3.8) is 0 Å². The van der Waals surface area contributed by atoms with Gasteiger partial charge in [-0.05, 0) is 24.6 Å². The number of carboxylic acids is 1. The lowest BCUT2D eigenvalue weighted by Gasteiger charge is -2.21. The van der Waals surface area contributed by atoms with Gasteiger partial charge in [-0.2, -0.15) is 0 Å². The van der Waals surface area contributed by atoms with E-state index in [1.807, 2.05) is 25.1 Å². The number of amides is 1. The van der Waals surface area contributed by atoms with Crippen molar-refractivity contribution >= 4 is 11.9 Å². The van der Waals surface area contributed by atoms with Crippen LogP contribution in [-0.4, -0.2) is 52.3 Å². The van der Waals surface area contributed by atoms with Crippen LogP contribution in [0.5, 0.6) is 5.75 Å². The minimum absolute atomic E-state index is 0.0697. The fraction of sp³-hybridized carbons (Fsp3) is 0.467. The molecule has 2 rings (SSSR count). The first-order chi connectivity index (χ1) is 9.97. The van der Waals surface area contributed by atoms with Crippen molar-refractivity contribution in [3.05, 3.63) is 29.8 Å². The zero-order chi connectivity index (χ0) is 15.4. The van der Waals surface area contributed by atoms with Crippen molar-refractivity contribution < 1.29 is 24.5 Å². The molecule has 1 aliphatic rings. The third-order valence-corrected chi connectivity index (χ3v) is 3.46. The van der Waals surface area contributed by atoms with Crippen molar-refractivity contribution in [3.8, 4) is 5.75 Å². The van der Waals surface area contributed by atoms with E-state index in [1.165, 1.54) is 4.90 Å². The molecule has 1 fully saturated rings. The monoisotopic (exact) mass is 293 g/mol. The highest BCUT2D eigenvalue weighted by Gasteiger charge is 2.38. The first-order valence-electron chi connectivity index (χ1n) is 6.87. The van der Waals surface area contributed by atoms with Crippen LogP contribution in [0.25, 0.3) is 0 Å². The molecule has 0 radical (unpaired) electrons. The minimum Gasteiger partial charge on any atom is -0.493 e. The van der Waals surface area contributed by atoms with Gasteiger partial charge >= 0.3 is 5.97 Å². The van der Waals surface area contributed by atoms with Crippen LogP contribution in [0.15, 0.2) is 24.3 Å². The number of ether oxygens (including phenoxy) is 1. The smallest absolute Gasteiger partial charge is 0.326 e. The van der Waals surface area contributed by atoms with Gasteiger partial charge in [0.05, 0.1) is 19.1 Å². The quantitative estimate of drug-likeness (QED) is 0.839. The summed E-state index contributed by atoms with van der Waals surface area (Å²) in [6.45, 7) is 2.20. The average Bonchev–Trinajstić information content (AvgIpc) is 2.81. The zero-order valence-electron chi connectivity index (χ0n) is 11.9. The van der Waals surface area contributed by atoms with Crippen LogP contribution in [0, 0.1) is 6.92 Å². The molecule has 0 aromatic heterocycles. The van der Waals surface area contributed by atoms with Crippen molar-refractivity contribution in [1.29, 1.82) is 0 Å². The standard InChI is InChI=1S/C15H19NO5/c1-10-3-2-4-12(7-10)21-6-5-14(18)16-9-11(17)8-13(16)15(19)20/h2-4,7,11,13,17H,5-6,8-9H2,1H3,(H,19,20)/t11?,13-/m0/s1. The SMILES string of the molecule is Cc1cccc(OCCC(=O)N2CC(O)C[C@H]2C(=O)O)c1. The molecule has 21 heavy (non-hydrogen) atoms. The Morgan fingerprint density at radius 3 is 2.86 bits per heavy atom. The van der Waals surface area contributed by atoms with Gasteiger partial charge in [-0.1, -0.05) is 12.1 Å². The highest BCUT2D eigenvalue weighted by molar-refractivity contribution is 5.84. The lowest BCUT2D eigenvalue weighted by atomic mass is 10.2. The fourth-order valence-electron chi connectivity index (χ4n) is 2.43. The summed E-state index contributed by atoms with van der Waals surface area (Å²) in [4.78, 5) is 24.3. The Labute approximate surface area is 122 Å². The molecule has 0 bridgehead atoms. The van der Waals surface area contributed by atoms with Crippen molar-refractivity contribution in [2.24, 2.45) is 0 Å². The number of aliphatic carboxylic acids is 1. The van der Waals surface area contributed by atoms with Crippen LogP contribution >= 0.6 is 0 Å². The number of aryl methyl sites for hydroxylation is 1. The van der Waals surface area contributed by atoms with Crippen LogP contribution in [0.4, 0.5) is 0 Å². The zero-order valence-corrected chi connectivity index (χ0v) is 11.9. The van der Waals surface area contributed by atoms with Gasteiger partial charge in [0.1, 0.15) is 11.8 Å². The molecule has 1 unspecified atom stereocenters. The average molecular weight is 293 g/mol. The van der Waals surface area contributed by atoms with E-state index in [1.54, 1.807) is 6.07 Å². The molecule has 1 amide bonds. The maximum absolute atomic E-state index is 12.0. The highest BCUT2D eigenvalue weighted by Crippen LogP contribution is 2.19. The summed E-state index contributed by atoms with van der Waals surface area (Å²) < 4.78 is 5.48. The number of carbonyl (C=O) groups excluding carboxylic acids is 1. The Morgan fingerprint density at radius 2 is 2.19 bits per heavy atom. The molecule has 2 atom stereocenters. The lowest BCUT2D eigenvalue weighted by molar-refractivity contribution is -0.148. The van der Waals surface area contributed by atoms with Crippen molar-refractivity contribution in [2.75, 3.05) is 13.2 Å². The van der Waals surface area contributed by atoms with E-state index in [-0.39, 0.29) is 31.9 Å². The number of hydrogen-bond acceptors (Lipinski definition) is 4. The van der Waals surface area contributed by atoms with E-state index in [0.29, 0.717) is 5.75 Å². The molecule has 1 heterocycles. The van der Waals surface area contributed by atoms with Gasteiger partial charge in [0, 0.05) is 13.0 Å². The second kappa shape index (κ2) is 6.58. The van der Waals surface area contributed by atoms with Crippen LogP contribution in [-0.2, 0) is 9.59 Å². The second-order valence-electron chi connectivity index (χ2n) is 5.20. The maximum Gasteiger partial charge on any atom is 0.326 e. The molecule has 6 heteroatoms. The summed E-state index contributed by atoms with van der Waals surface area (Å²) in [5, 5.41) is 18.6. The summed E-state index contributed by atoms with van der Waals surface area (Å²) in [6.07, 6.45) is -0.600. The fourth-order valence-corrected chi connectivity index (χ4v) is 2.43. The first-order valence-corrected chi connectivity index (χ1v) is 6.87. The van der Waals surface area contributed by atoms with Gasteiger partial charge in [-0.25, -0.2) is 4.79 Å². The minimum atomic E-state index is -1.08. The topological polar surface area (TPSA) is 87.1 Å². The molecule has 1 saturated heterocycles. The maximum atomic E-state index is 12.0. The summed E-state index contributed by atoms with van der Waals surface area (Å²) in [6, 6.07) is 6.54. The molecule has 114 valence electrons. The van der Waals surface area contributed by atoms with Gasteiger partial charge in [0.2, 0.25) is 5.91 Å². The number of aliphatic hydroxyl groups is 1. The van der Waals surface area contributed by atoms with E-state index in [0.717, 1.165) is 5.56 Å². The predicted molar refractivity (Wildman–Crippen MR) is 75.1 cm³/mol. The number of carbonyl (C=O) groups is 2. The van der Waals surface area contributed by atoms with Crippen LogP contribution in [0.3, 0.4) is 0 Å². The summed E-state index contributed by atoms with van der Waals surface area (Å²) in [7, 11) is 0. The van der Waals surface area contributed by atoms with Crippen molar-refractivity contribution in [2.45, 2.75) is 31.9 Å². The third kappa shape index (κ3) is 3.95. The van der Waals surface area contributed by atoms with Gasteiger partial charge in [-0.3, -0.25) is 4.79 Å². The largest absolute Gasteiger partial charge is 0.493 e. The normalized spacial score (nSPS) is 21.3. The molecule has 6 nitrogen and oxygen atoms in total. The Kier molecular flexibility index (Phi) is 4.80. The predicted octanol–water partition coefficient (Wildman–Crippen LogP) is 0.810. The van der Waals surface area contributed by atoms with E-state index in [4.69, 9.17) is 9.84 Å². The number of hydrogen-bond donors (Lipinski definition) is 2. The molecule has 0 aliphatic carbocycles. The number of likely N-dealkylation sites (tertiary alicyclic amines) is 1. The van der Waals surface area contributed by atoms with Gasteiger partial charge < -0.3 is 19.8 Å². The molecule has 0 spiro atoms. The summed E-state index contributed by atoms with van der Waals surface area (Å²) in [5.41, 5.74) is 1.06. The number of carboxylic acid groups (broad SMARTS) is 1. The Bertz CT molecular complexity index is 531. The Hall–Kier alpha value is -2.08. The van der Waals surface area contributed by atoms with E-state index < -0.39 is 18.1 Å². The van der Waals surface area contributed by atoms with Gasteiger partial charge in [0.15, 0.2) is 0 Å². The molecule has 1 aromatic carbocycles. The highest BCUT2D eigenvalue weighted by atomic mass is 16.5. The molecule has 2 N–H and O–H groups in total. The van der Waals surface area contributed by atoms with Crippen molar-refractivity contribution in [1.82, 2.24) is 4.90 Å². The summed E-state index contributed by atoms with van der Waals surface area (Å²) in [5.74, 6) is -0.717. The Morgan fingerprint density at radius 1 is 1.43 bits per heavy atom. The second-order valence-corrected chi connectivity index (χ2v) is 5.20. The van der Waals surface area contributed by atoms with Crippen LogP contribution in [0.1, 0.15) is 18.4 Å². The van der Waals surface area contributed by atoms with E-state index in [2.05, 4.69) is 0 Å². The number of benzene rings is 1. The van der Waals surface area contributed by atoms with Crippen LogP contribution in [0.2, 0.25) is 0 Å². The number of β-amino-alcohol motifs (C(OH)–C–C–N with tert-alkyl or cyclic N) is 1. The molecule has 1 aromatic rings. The van der Waals surface area contributed by atoms with Crippen LogP contribution < -0.4 is 4.74 Å². The lowest BCUT2D eigenvalue weighted by Crippen LogP contribution is -2.41. The van der Waals surface area contributed by atoms with Gasteiger partial charge in [-0.15, -0.1) is 0 Å². The summed E-state index contributed by atoms with van der Waals surface area (Å²) >= 11 is 0. The third-order valence-electron chi connectivity index (χ3n) is 3.46. The molecular formula is C15H19NO5. The van der Waals surface area contributed by atoms with E-state index >= 15 is 0 Å². The molecular weight excluding hydrogens is 274 g/mol. The Balaban J connectivity index is 1.85.